The van der Waals surface area contributed by atoms with E-state index in [-0.39, 0.29) is 54.5 Å². The third kappa shape index (κ3) is 12.7. The molecule has 0 aromatic heterocycles. The number of carboxylic acid groups (broad SMARTS) is 2. The number of benzene rings is 1. The summed E-state index contributed by atoms with van der Waals surface area (Å²) in [5, 5.41) is 18.0. The second-order valence-corrected chi connectivity index (χ2v) is 12.6. The molecule has 0 saturated heterocycles. The van der Waals surface area contributed by atoms with Crippen LogP contribution < -0.4 is 11.1 Å². The highest BCUT2D eigenvalue weighted by atomic mass is 35.5. The van der Waals surface area contributed by atoms with Crippen LogP contribution in [0.4, 0.5) is 13.2 Å². The highest BCUT2D eigenvalue weighted by Gasteiger charge is 2.43. The number of halogens is 4. The van der Waals surface area contributed by atoms with E-state index in [9.17, 15) is 32.3 Å². The molecule has 1 aromatic carbocycles. The van der Waals surface area contributed by atoms with Gasteiger partial charge in [0.25, 0.3) is 0 Å². The molecule has 4 rings (SSSR count). The van der Waals surface area contributed by atoms with Crippen LogP contribution >= 0.6 is 11.6 Å². The van der Waals surface area contributed by atoms with Gasteiger partial charge in [-0.15, -0.1) is 0 Å². The maximum atomic E-state index is 13.9. The number of dihydropyridines is 1. The van der Waals surface area contributed by atoms with Gasteiger partial charge >= 0.3 is 30.1 Å². The predicted octanol–water partition coefficient (Wildman–Crippen LogP) is 5.21. The summed E-state index contributed by atoms with van der Waals surface area (Å²) in [6, 6.07) is 3.41. The molecule has 1 aromatic rings. The molecule has 0 bridgehead atoms. The van der Waals surface area contributed by atoms with Crippen molar-refractivity contribution in [3.63, 3.8) is 0 Å². The van der Waals surface area contributed by atoms with Gasteiger partial charge in [0.2, 0.25) is 0 Å². The van der Waals surface area contributed by atoms with Crippen LogP contribution in [-0.2, 0) is 44.3 Å². The zero-order chi connectivity index (χ0) is 37.7. The first-order valence-electron chi connectivity index (χ1n) is 16.5. The Hall–Kier alpha value is -3.92. The number of aliphatic carboxylic acids is 2. The first-order valence-corrected chi connectivity index (χ1v) is 16.9. The van der Waals surface area contributed by atoms with Crippen LogP contribution in [0.1, 0.15) is 62.5 Å². The summed E-state index contributed by atoms with van der Waals surface area (Å²) in [4.78, 5) is 46.0. The van der Waals surface area contributed by atoms with E-state index in [1.807, 2.05) is 0 Å². The molecular formula is C35H44ClF3N2O10. The van der Waals surface area contributed by atoms with Crippen molar-refractivity contribution in [1.82, 2.24) is 5.32 Å². The summed E-state index contributed by atoms with van der Waals surface area (Å²) in [5.41, 5.74) is 4.72. The molecule has 2 saturated carbocycles. The second-order valence-electron chi connectivity index (χ2n) is 12.3. The predicted molar refractivity (Wildman–Crippen MR) is 178 cm³/mol. The van der Waals surface area contributed by atoms with Crippen molar-refractivity contribution >= 4 is 35.5 Å². The van der Waals surface area contributed by atoms with Crippen LogP contribution in [-0.4, -0.2) is 80.8 Å². The topological polar surface area (TPSA) is 184 Å². The SMILES string of the molecule is COC(=O)C1=C(C)NC(COCCOCCN)=C(C(=O)OCCCC(C2CC2)C2CC2)[C@@H]1c1cccc(C(F)(F)F)c1Cl.O=C(O)/C=C/C(=O)O. The van der Waals surface area contributed by atoms with Gasteiger partial charge in [0.05, 0.1) is 73.5 Å². The Morgan fingerprint density at radius 3 is 2.10 bits per heavy atom. The van der Waals surface area contributed by atoms with E-state index in [1.165, 1.54) is 37.8 Å². The fourth-order valence-corrected chi connectivity index (χ4v) is 6.36. The maximum absolute atomic E-state index is 13.9. The normalized spacial score (nSPS) is 17.6. The molecule has 16 heteroatoms. The van der Waals surface area contributed by atoms with Gasteiger partial charge in [0.1, 0.15) is 0 Å². The van der Waals surface area contributed by atoms with E-state index in [2.05, 4.69) is 5.32 Å². The molecular weight excluding hydrogens is 701 g/mol. The van der Waals surface area contributed by atoms with Gasteiger partial charge < -0.3 is 40.2 Å². The molecule has 0 amide bonds. The summed E-state index contributed by atoms with van der Waals surface area (Å²) < 4.78 is 63.4. The summed E-state index contributed by atoms with van der Waals surface area (Å²) >= 11 is 6.37. The Bertz CT molecular complexity index is 1470. The van der Waals surface area contributed by atoms with Crippen molar-refractivity contribution in [3.05, 3.63) is 69.0 Å². The largest absolute Gasteiger partial charge is 0.478 e. The van der Waals surface area contributed by atoms with Gasteiger partial charge in [-0.3, -0.25) is 0 Å². The lowest BCUT2D eigenvalue weighted by Gasteiger charge is -2.32. The van der Waals surface area contributed by atoms with Crippen molar-refractivity contribution in [3.8, 4) is 0 Å². The number of carbonyl (C=O) groups is 4. The lowest BCUT2D eigenvalue weighted by atomic mass is 9.79. The zero-order valence-electron chi connectivity index (χ0n) is 28.4. The number of hydrogen-bond donors (Lipinski definition) is 4. The standard InChI is InChI=1S/C31H40ClF3N2O6.C4H4O4/c1-18-25(29(38)40-2)26(22-5-3-7-23(28(22)32)31(33,34)35)27(24(37-18)17-42-16-15-41-14-12-36)30(39)43-13-4-6-21(19-8-9-19)20-10-11-20;5-3(6)1-2-4(7)8/h3,5,7,19-21,26,37H,4,6,8-17,36H2,1-2H3;1-2H,(H,5,6)(H,7,8)/b;2-1+/t26-;/m1./s1. The van der Waals surface area contributed by atoms with E-state index in [4.69, 9.17) is 46.5 Å². The fourth-order valence-electron chi connectivity index (χ4n) is 6.02. The quantitative estimate of drug-likeness (QED) is 0.0876. The second kappa shape index (κ2) is 19.6. The molecule has 1 heterocycles. The van der Waals surface area contributed by atoms with E-state index in [0.717, 1.165) is 31.4 Å². The molecule has 51 heavy (non-hydrogen) atoms. The Morgan fingerprint density at radius 2 is 1.57 bits per heavy atom. The molecule has 3 aliphatic rings. The first-order chi connectivity index (χ1) is 24.2. The zero-order valence-corrected chi connectivity index (χ0v) is 29.2. The minimum Gasteiger partial charge on any atom is -0.478 e. The van der Waals surface area contributed by atoms with E-state index >= 15 is 0 Å². The first kappa shape index (κ1) is 41.5. The van der Waals surface area contributed by atoms with Crippen molar-refractivity contribution in [2.75, 3.05) is 46.7 Å². The van der Waals surface area contributed by atoms with E-state index in [0.29, 0.717) is 37.6 Å². The molecule has 5 N–H and O–H groups in total. The number of carboxylic acids is 2. The van der Waals surface area contributed by atoms with Crippen LogP contribution in [0.25, 0.3) is 0 Å². The fraction of sp³-hybridized carbons (Fsp3) is 0.543. The van der Waals surface area contributed by atoms with Crippen LogP contribution in [0.15, 0.2) is 52.9 Å². The minimum absolute atomic E-state index is 0.0479. The van der Waals surface area contributed by atoms with Gasteiger partial charge in [-0.2, -0.15) is 13.2 Å². The summed E-state index contributed by atoms with van der Waals surface area (Å²) in [6.45, 7) is 2.70. The number of nitrogens with one attached hydrogen (secondary N) is 1. The third-order valence-corrected chi connectivity index (χ3v) is 8.96. The Kier molecular flexibility index (Phi) is 16.0. The number of allylic oxidation sites excluding steroid dienone is 1. The van der Waals surface area contributed by atoms with E-state index < -0.39 is 46.6 Å². The monoisotopic (exact) mass is 744 g/mol. The Balaban J connectivity index is 0.000000783. The lowest BCUT2D eigenvalue weighted by molar-refractivity contribution is -0.140. The van der Waals surface area contributed by atoms with Gasteiger partial charge in [-0.05, 0) is 74.8 Å². The minimum atomic E-state index is -4.76. The number of rotatable bonds is 18. The number of methoxy groups -OCH3 is 1. The van der Waals surface area contributed by atoms with Gasteiger partial charge in [-0.1, -0.05) is 23.7 Å². The average molecular weight is 745 g/mol. The van der Waals surface area contributed by atoms with Crippen LogP contribution in [0.2, 0.25) is 5.02 Å². The highest BCUT2D eigenvalue weighted by molar-refractivity contribution is 6.32. The van der Waals surface area contributed by atoms with Gasteiger partial charge in [0, 0.05) is 24.4 Å². The molecule has 0 spiro atoms. The molecule has 1 aliphatic heterocycles. The van der Waals surface area contributed by atoms with Crippen LogP contribution in [0, 0.1) is 17.8 Å². The molecule has 2 aliphatic carbocycles. The Morgan fingerprint density at radius 1 is 0.961 bits per heavy atom. The van der Waals surface area contributed by atoms with Crippen molar-refractivity contribution in [2.24, 2.45) is 23.5 Å². The molecule has 0 unspecified atom stereocenters. The molecule has 282 valence electrons. The number of nitrogens with two attached hydrogens (primary N) is 1. The molecule has 0 radical (unpaired) electrons. The summed E-state index contributed by atoms with van der Waals surface area (Å²) in [7, 11) is 1.16. The highest BCUT2D eigenvalue weighted by Crippen LogP contribution is 2.51. The van der Waals surface area contributed by atoms with Crippen LogP contribution in [0.3, 0.4) is 0 Å². The van der Waals surface area contributed by atoms with Crippen molar-refractivity contribution in [2.45, 2.75) is 57.5 Å². The number of carbonyl (C=O) groups excluding carboxylic acids is 2. The van der Waals surface area contributed by atoms with Gasteiger partial charge in [-0.25, -0.2) is 19.2 Å². The summed E-state index contributed by atoms with van der Waals surface area (Å²) in [6.07, 6.45) is 2.98. The molecule has 12 nitrogen and oxygen atoms in total. The Labute approximate surface area is 298 Å². The number of ether oxygens (including phenoxy) is 4. The maximum Gasteiger partial charge on any atom is 0.417 e. The average Bonchev–Trinajstić information content (AvgIpc) is 4.00. The third-order valence-electron chi connectivity index (χ3n) is 8.53. The van der Waals surface area contributed by atoms with Crippen molar-refractivity contribution in [1.29, 1.82) is 0 Å². The van der Waals surface area contributed by atoms with Crippen LogP contribution in [0.5, 0.6) is 0 Å². The number of alkyl halides is 3. The molecule has 2 fully saturated rings. The summed E-state index contributed by atoms with van der Waals surface area (Å²) in [5.74, 6) is -3.24. The van der Waals surface area contributed by atoms with E-state index in [1.54, 1.807) is 6.92 Å². The number of esters is 2. The smallest absolute Gasteiger partial charge is 0.417 e. The lowest BCUT2D eigenvalue weighted by Crippen LogP contribution is -2.35. The van der Waals surface area contributed by atoms with Gasteiger partial charge in [0.15, 0.2) is 0 Å². The number of hydrogen-bond acceptors (Lipinski definition) is 10. The van der Waals surface area contributed by atoms with Crippen molar-refractivity contribution < 1.29 is 61.5 Å². The molecule has 1 atom stereocenters.